The molecule has 0 aromatic heterocycles. The van der Waals surface area contributed by atoms with Crippen LogP contribution in [0.15, 0.2) is 24.3 Å². The molecule has 0 bridgehead atoms. The van der Waals surface area contributed by atoms with E-state index in [0.717, 1.165) is 12.8 Å². The zero-order valence-electron chi connectivity index (χ0n) is 11.7. The van der Waals surface area contributed by atoms with Crippen LogP contribution in [0.5, 0.6) is 0 Å². The highest BCUT2D eigenvalue weighted by atomic mass is 16.2. The smallest absolute Gasteiger partial charge is 0.251 e. The van der Waals surface area contributed by atoms with E-state index in [1.54, 1.807) is 24.3 Å². The predicted molar refractivity (Wildman–Crippen MR) is 78.4 cm³/mol. The van der Waals surface area contributed by atoms with Crippen LogP contribution in [0.4, 0.5) is 5.69 Å². The Morgan fingerprint density at radius 1 is 1.30 bits per heavy atom. The maximum Gasteiger partial charge on any atom is 0.251 e. The summed E-state index contributed by atoms with van der Waals surface area (Å²) < 4.78 is 0. The van der Waals surface area contributed by atoms with Gasteiger partial charge in [0.15, 0.2) is 0 Å². The van der Waals surface area contributed by atoms with Gasteiger partial charge in [-0.05, 0) is 50.1 Å². The summed E-state index contributed by atoms with van der Waals surface area (Å²) in [5.74, 6) is -0.217. The van der Waals surface area contributed by atoms with Gasteiger partial charge in [0.2, 0.25) is 5.91 Å². The molecule has 108 valence electrons. The van der Waals surface area contributed by atoms with Gasteiger partial charge in [0.1, 0.15) is 0 Å². The Hall–Kier alpha value is -1.88. The fraction of sp³-hybridized carbons (Fsp3) is 0.467. The molecule has 0 radical (unpaired) electrons. The van der Waals surface area contributed by atoms with Crippen molar-refractivity contribution in [2.75, 3.05) is 11.9 Å². The van der Waals surface area contributed by atoms with Crippen molar-refractivity contribution >= 4 is 17.5 Å². The molecular weight excluding hydrogens is 254 g/mol. The normalized spacial score (nSPS) is 15.5. The van der Waals surface area contributed by atoms with E-state index < -0.39 is 0 Å². The first-order valence-electron chi connectivity index (χ1n) is 7.02. The topological polar surface area (TPSA) is 84.2 Å². The van der Waals surface area contributed by atoms with Crippen LogP contribution in [0.1, 0.15) is 36.5 Å². The first kappa shape index (κ1) is 14.5. The quantitative estimate of drug-likeness (QED) is 0.735. The minimum Gasteiger partial charge on any atom is -0.349 e. The third-order valence-corrected chi connectivity index (χ3v) is 3.37. The van der Waals surface area contributed by atoms with Crippen LogP contribution in [0, 0.1) is 5.92 Å². The molecule has 1 aliphatic rings. The Morgan fingerprint density at radius 2 is 1.95 bits per heavy atom. The number of benzene rings is 1. The highest BCUT2D eigenvalue weighted by Crippen LogP contribution is 2.19. The zero-order chi connectivity index (χ0) is 14.5. The van der Waals surface area contributed by atoms with Gasteiger partial charge in [0.25, 0.3) is 5.91 Å². The van der Waals surface area contributed by atoms with Crippen molar-refractivity contribution in [3.05, 3.63) is 29.8 Å². The van der Waals surface area contributed by atoms with Crippen molar-refractivity contribution < 1.29 is 9.59 Å². The van der Waals surface area contributed by atoms with Crippen molar-refractivity contribution in [3.63, 3.8) is 0 Å². The molecule has 0 heterocycles. The molecule has 4 N–H and O–H groups in total. The molecular formula is C15H21N3O2. The van der Waals surface area contributed by atoms with Crippen molar-refractivity contribution in [3.8, 4) is 0 Å². The van der Waals surface area contributed by atoms with E-state index in [1.165, 1.54) is 0 Å². The summed E-state index contributed by atoms with van der Waals surface area (Å²) in [7, 11) is 0. The molecule has 5 heteroatoms. The average molecular weight is 275 g/mol. The molecule has 1 atom stereocenters. The predicted octanol–water partition coefficient (Wildman–Crippen LogP) is 1.50. The van der Waals surface area contributed by atoms with Gasteiger partial charge in [0, 0.05) is 23.2 Å². The van der Waals surface area contributed by atoms with Crippen LogP contribution in [0.2, 0.25) is 0 Å². The first-order valence-corrected chi connectivity index (χ1v) is 7.02. The molecule has 1 aliphatic carbocycles. The van der Waals surface area contributed by atoms with Gasteiger partial charge in [0.05, 0.1) is 0 Å². The highest BCUT2D eigenvalue weighted by Gasteiger charge is 2.23. The van der Waals surface area contributed by atoms with E-state index >= 15 is 0 Å². The van der Waals surface area contributed by atoms with E-state index in [-0.39, 0.29) is 17.7 Å². The standard InChI is InChI=1S/C15H21N3O2/c1-10(8-9-16)14(19)17-12-4-2-11(3-5-12)15(20)18-13-6-7-13/h2-5,10,13H,6-9,16H2,1H3,(H,17,19)(H,18,20). The maximum atomic E-state index is 11.8. The number of carbonyl (C=O) groups excluding carboxylic acids is 2. The number of carbonyl (C=O) groups is 2. The summed E-state index contributed by atoms with van der Waals surface area (Å²) in [5, 5.41) is 5.74. The number of nitrogens with two attached hydrogens (primary N) is 1. The van der Waals surface area contributed by atoms with Crippen LogP contribution in [-0.2, 0) is 4.79 Å². The lowest BCUT2D eigenvalue weighted by Crippen LogP contribution is -2.25. The Labute approximate surface area is 118 Å². The molecule has 2 amide bonds. The number of hydrogen-bond acceptors (Lipinski definition) is 3. The summed E-state index contributed by atoms with van der Waals surface area (Å²) in [4.78, 5) is 23.6. The molecule has 0 aliphatic heterocycles. The zero-order valence-corrected chi connectivity index (χ0v) is 11.7. The number of hydrogen-bond donors (Lipinski definition) is 3. The summed E-state index contributed by atoms with van der Waals surface area (Å²) in [6, 6.07) is 7.28. The maximum absolute atomic E-state index is 11.8. The van der Waals surface area contributed by atoms with Crippen molar-refractivity contribution in [2.45, 2.75) is 32.2 Å². The van der Waals surface area contributed by atoms with Crippen molar-refractivity contribution in [1.82, 2.24) is 5.32 Å². The van der Waals surface area contributed by atoms with Crippen LogP contribution < -0.4 is 16.4 Å². The van der Waals surface area contributed by atoms with Gasteiger partial charge < -0.3 is 16.4 Å². The summed E-state index contributed by atoms with van der Waals surface area (Å²) in [5.41, 5.74) is 6.75. The van der Waals surface area contributed by atoms with Crippen LogP contribution in [-0.4, -0.2) is 24.4 Å². The Kier molecular flexibility index (Phi) is 4.74. The molecule has 1 aromatic carbocycles. The molecule has 20 heavy (non-hydrogen) atoms. The number of nitrogens with one attached hydrogen (secondary N) is 2. The van der Waals surface area contributed by atoms with Gasteiger partial charge in [-0.25, -0.2) is 0 Å². The van der Waals surface area contributed by atoms with E-state index in [9.17, 15) is 9.59 Å². The SMILES string of the molecule is CC(CCN)C(=O)Nc1ccc(C(=O)NC2CC2)cc1. The van der Waals surface area contributed by atoms with E-state index in [0.29, 0.717) is 30.3 Å². The van der Waals surface area contributed by atoms with E-state index in [1.807, 2.05) is 6.92 Å². The van der Waals surface area contributed by atoms with Gasteiger partial charge in [-0.2, -0.15) is 0 Å². The second-order valence-corrected chi connectivity index (χ2v) is 5.29. The third kappa shape index (κ3) is 4.06. The fourth-order valence-corrected chi connectivity index (χ4v) is 1.85. The van der Waals surface area contributed by atoms with Crippen LogP contribution in [0.25, 0.3) is 0 Å². The lowest BCUT2D eigenvalue weighted by molar-refractivity contribution is -0.119. The van der Waals surface area contributed by atoms with E-state index in [2.05, 4.69) is 10.6 Å². The Balaban J connectivity index is 1.90. The van der Waals surface area contributed by atoms with Crippen LogP contribution >= 0.6 is 0 Å². The lowest BCUT2D eigenvalue weighted by Gasteiger charge is -2.11. The number of rotatable bonds is 6. The monoisotopic (exact) mass is 275 g/mol. The lowest BCUT2D eigenvalue weighted by atomic mass is 10.1. The summed E-state index contributed by atoms with van der Waals surface area (Å²) in [6.07, 6.45) is 2.80. The second-order valence-electron chi connectivity index (χ2n) is 5.29. The minimum atomic E-state index is -0.113. The Bertz CT molecular complexity index is 480. The molecule has 1 fully saturated rings. The van der Waals surface area contributed by atoms with Gasteiger partial charge in [-0.15, -0.1) is 0 Å². The van der Waals surface area contributed by atoms with Gasteiger partial charge in [-0.1, -0.05) is 6.92 Å². The molecule has 2 rings (SSSR count). The fourth-order valence-electron chi connectivity index (χ4n) is 1.85. The van der Waals surface area contributed by atoms with Crippen LogP contribution in [0.3, 0.4) is 0 Å². The third-order valence-electron chi connectivity index (χ3n) is 3.37. The molecule has 1 unspecified atom stereocenters. The highest BCUT2D eigenvalue weighted by molar-refractivity contribution is 5.96. The summed E-state index contributed by atoms with van der Waals surface area (Å²) in [6.45, 7) is 2.34. The number of anilines is 1. The molecule has 0 saturated heterocycles. The first-order chi connectivity index (χ1) is 9.60. The van der Waals surface area contributed by atoms with Gasteiger partial charge in [-0.3, -0.25) is 9.59 Å². The van der Waals surface area contributed by atoms with Gasteiger partial charge >= 0.3 is 0 Å². The van der Waals surface area contributed by atoms with Crippen molar-refractivity contribution in [1.29, 1.82) is 0 Å². The minimum absolute atomic E-state index is 0.0503. The van der Waals surface area contributed by atoms with Crippen molar-refractivity contribution in [2.24, 2.45) is 11.7 Å². The molecule has 0 spiro atoms. The Morgan fingerprint density at radius 3 is 2.50 bits per heavy atom. The largest absolute Gasteiger partial charge is 0.349 e. The number of amides is 2. The molecule has 1 aromatic rings. The molecule has 1 saturated carbocycles. The average Bonchev–Trinajstić information content (AvgIpc) is 3.23. The molecule has 5 nitrogen and oxygen atoms in total. The summed E-state index contributed by atoms with van der Waals surface area (Å²) >= 11 is 0. The van der Waals surface area contributed by atoms with E-state index in [4.69, 9.17) is 5.73 Å². The second kappa shape index (κ2) is 6.52.